The molecule has 110 valence electrons. The van der Waals surface area contributed by atoms with Gasteiger partial charge in [-0.1, -0.05) is 23.9 Å². The van der Waals surface area contributed by atoms with E-state index in [2.05, 4.69) is 0 Å². The van der Waals surface area contributed by atoms with Crippen molar-refractivity contribution in [2.75, 3.05) is 19.5 Å². The Balaban J connectivity index is 2.36. The first-order chi connectivity index (χ1) is 10.2. The molecular formula is C16H17NO3S. The Kier molecular flexibility index (Phi) is 5.11. The van der Waals surface area contributed by atoms with E-state index in [4.69, 9.17) is 15.2 Å². The summed E-state index contributed by atoms with van der Waals surface area (Å²) in [6.07, 6.45) is 0. The number of methoxy groups -OCH3 is 1. The van der Waals surface area contributed by atoms with E-state index < -0.39 is 0 Å². The molecule has 0 spiro atoms. The Hall–Kier alpha value is -2.14. The van der Waals surface area contributed by atoms with E-state index in [1.807, 2.05) is 24.3 Å². The lowest BCUT2D eigenvalue weighted by Gasteiger charge is -2.11. The van der Waals surface area contributed by atoms with Gasteiger partial charge in [-0.25, -0.2) is 4.79 Å². The Morgan fingerprint density at radius 2 is 2.00 bits per heavy atom. The number of nitrogen functional groups attached to an aromatic ring is 1. The van der Waals surface area contributed by atoms with Crippen LogP contribution in [0.5, 0.6) is 5.75 Å². The quantitative estimate of drug-likeness (QED) is 0.675. The Morgan fingerprint density at radius 3 is 2.71 bits per heavy atom. The maximum absolute atomic E-state index is 12.0. The SMILES string of the molecule is CCOC(=O)c1cccc(N)c1Sc1cccc(OC)c1. The van der Waals surface area contributed by atoms with E-state index >= 15 is 0 Å². The summed E-state index contributed by atoms with van der Waals surface area (Å²) in [6, 6.07) is 12.8. The van der Waals surface area contributed by atoms with Crippen molar-refractivity contribution in [2.24, 2.45) is 0 Å². The first kappa shape index (κ1) is 15.3. The molecule has 0 fully saturated rings. The van der Waals surface area contributed by atoms with Crippen LogP contribution in [-0.4, -0.2) is 19.7 Å². The fraction of sp³-hybridized carbons (Fsp3) is 0.188. The number of ether oxygens (including phenoxy) is 2. The van der Waals surface area contributed by atoms with E-state index in [9.17, 15) is 4.79 Å². The van der Waals surface area contributed by atoms with Crippen LogP contribution in [0.15, 0.2) is 52.3 Å². The van der Waals surface area contributed by atoms with Crippen molar-refractivity contribution in [3.8, 4) is 5.75 Å². The van der Waals surface area contributed by atoms with Crippen LogP contribution in [0.2, 0.25) is 0 Å². The molecule has 4 nitrogen and oxygen atoms in total. The molecule has 0 bridgehead atoms. The van der Waals surface area contributed by atoms with Crippen molar-refractivity contribution in [2.45, 2.75) is 16.7 Å². The molecular weight excluding hydrogens is 286 g/mol. The number of nitrogens with two attached hydrogens (primary N) is 1. The van der Waals surface area contributed by atoms with Crippen molar-refractivity contribution in [1.82, 2.24) is 0 Å². The fourth-order valence-corrected chi connectivity index (χ4v) is 2.83. The van der Waals surface area contributed by atoms with Gasteiger partial charge in [-0.2, -0.15) is 0 Å². The molecule has 2 aromatic rings. The maximum Gasteiger partial charge on any atom is 0.339 e. The highest BCUT2D eigenvalue weighted by atomic mass is 32.2. The summed E-state index contributed by atoms with van der Waals surface area (Å²) in [4.78, 5) is 13.7. The second-order valence-electron chi connectivity index (χ2n) is 4.23. The summed E-state index contributed by atoms with van der Waals surface area (Å²) in [5.41, 5.74) is 7.04. The summed E-state index contributed by atoms with van der Waals surface area (Å²) >= 11 is 1.42. The maximum atomic E-state index is 12.0. The molecule has 21 heavy (non-hydrogen) atoms. The predicted octanol–water partition coefficient (Wildman–Crippen LogP) is 3.61. The van der Waals surface area contributed by atoms with Gasteiger partial charge in [0.15, 0.2) is 0 Å². The van der Waals surface area contributed by atoms with E-state index in [0.29, 0.717) is 22.8 Å². The Labute approximate surface area is 128 Å². The number of hydrogen-bond donors (Lipinski definition) is 1. The minimum Gasteiger partial charge on any atom is -0.497 e. The van der Waals surface area contributed by atoms with E-state index in [1.54, 1.807) is 32.2 Å². The smallest absolute Gasteiger partial charge is 0.339 e. The first-order valence-corrected chi connectivity index (χ1v) is 7.35. The van der Waals surface area contributed by atoms with Crippen LogP contribution in [-0.2, 0) is 4.74 Å². The zero-order valence-electron chi connectivity index (χ0n) is 12.0. The van der Waals surface area contributed by atoms with E-state index in [1.165, 1.54) is 11.8 Å². The van der Waals surface area contributed by atoms with Crippen molar-refractivity contribution in [3.05, 3.63) is 48.0 Å². The lowest BCUT2D eigenvalue weighted by atomic mass is 10.2. The first-order valence-electron chi connectivity index (χ1n) is 6.53. The zero-order valence-corrected chi connectivity index (χ0v) is 12.8. The summed E-state index contributed by atoms with van der Waals surface area (Å²) in [5.74, 6) is 0.391. The molecule has 0 aromatic heterocycles. The summed E-state index contributed by atoms with van der Waals surface area (Å²) in [6.45, 7) is 2.11. The van der Waals surface area contributed by atoms with Gasteiger partial charge in [-0.15, -0.1) is 0 Å². The highest BCUT2D eigenvalue weighted by Crippen LogP contribution is 2.36. The average Bonchev–Trinajstić information content (AvgIpc) is 2.49. The van der Waals surface area contributed by atoms with Crippen molar-refractivity contribution >= 4 is 23.4 Å². The largest absolute Gasteiger partial charge is 0.497 e. The van der Waals surface area contributed by atoms with Crippen LogP contribution < -0.4 is 10.5 Å². The predicted molar refractivity (Wildman–Crippen MR) is 83.9 cm³/mol. The molecule has 2 rings (SSSR count). The van der Waals surface area contributed by atoms with Gasteiger partial charge in [0, 0.05) is 15.5 Å². The molecule has 0 radical (unpaired) electrons. The van der Waals surface area contributed by atoms with Gasteiger partial charge >= 0.3 is 5.97 Å². The number of carbonyl (C=O) groups excluding carboxylic acids is 1. The molecule has 0 aliphatic rings. The van der Waals surface area contributed by atoms with Crippen LogP contribution in [0.1, 0.15) is 17.3 Å². The molecule has 0 aliphatic carbocycles. The van der Waals surface area contributed by atoms with Crippen molar-refractivity contribution in [3.63, 3.8) is 0 Å². The van der Waals surface area contributed by atoms with Crippen molar-refractivity contribution < 1.29 is 14.3 Å². The van der Waals surface area contributed by atoms with Crippen LogP contribution in [0, 0.1) is 0 Å². The molecule has 2 N–H and O–H groups in total. The van der Waals surface area contributed by atoms with Gasteiger partial charge in [0.1, 0.15) is 5.75 Å². The molecule has 0 saturated carbocycles. The number of benzene rings is 2. The molecule has 2 aromatic carbocycles. The second-order valence-corrected chi connectivity index (χ2v) is 5.31. The molecule has 0 heterocycles. The molecule has 0 aliphatic heterocycles. The van der Waals surface area contributed by atoms with Crippen LogP contribution in [0.4, 0.5) is 5.69 Å². The van der Waals surface area contributed by atoms with E-state index in [0.717, 1.165) is 10.6 Å². The number of hydrogen-bond acceptors (Lipinski definition) is 5. The summed E-state index contributed by atoms with van der Waals surface area (Å²) in [5, 5.41) is 0. The zero-order chi connectivity index (χ0) is 15.2. The number of anilines is 1. The monoisotopic (exact) mass is 303 g/mol. The Bertz CT molecular complexity index is 643. The average molecular weight is 303 g/mol. The number of esters is 1. The number of carbonyl (C=O) groups is 1. The molecule has 0 saturated heterocycles. The topological polar surface area (TPSA) is 61.5 Å². The summed E-state index contributed by atoms with van der Waals surface area (Å²) in [7, 11) is 1.62. The number of rotatable bonds is 5. The van der Waals surface area contributed by atoms with Gasteiger partial charge in [-0.05, 0) is 37.3 Å². The van der Waals surface area contributed by atoms with Gasteiger partial charge in [0.05, 0.1) is 19.3 Å². The fourth-order valence-electron chi connectivity index (χ4n) is 1.82. The van der Waals surface area contributed by atoms with Crippen molar-refractivity contribution in [1.29, 1.82) is 0 Å². The molecule has 0 amide bonds. The lowest BCUT2D eigenvalue weighted by Crippen LogP contribution is -2.07. The lowest BCUT2D eigenvalue weighted by molar-refractivity contribution is 0.0522. The van der Waals surface area contributed by atoms with Gasteiger partial charge in [0.25, 0.3) is 0 Å². The van der Waals surface area contributed by atoms with Crippen LogP contribution in [0.25, 0.3) is 0 Å². The van der Waals surface area contributed by atoms with Gasteiger partial charge in [0.2, 0.25) is 0 Å². The second kappa shape index (κ2) is 7.04. The third-order valence-corrected chi connectivity index (χ3v) is 3.95. The molecule has 0 atom stereocenters. The summed E-state index contributed by atoms with van der Waals surface area (Å²) < 4.78 is 10.3. The normalized spacial score (nSPS) is 10.2. The van der Waals surface area contributed by atoms with Gasteiger partial charge < -0.3 is 15.2 Å². The highest BCUT2D eigenvalue weighted by molar-refractivity contribution is 7.99. The van der Waals surface area contributed by atoms with Crippen LogP contribution >= 0.6 is 11.8 Å². The minimum atomic E-state index is -0.366. The molecule has 0 unspecified atom stereocenters. The highest BCUT2D eigenvalue weighted by Gasteiger charge is 2.16. The van der Waals surface area contributed by atoms with E-state index in [-0.39, 0.29) is 5.97 Å². The Morgan fingerprint density at radius 1 is 1.24 bits per heavy atom. The van der Waals surface area contributed by atoms with Gasteiger partial charge in [-0.3, -0.25) is 0 Å². The molecule has 5 heteroatoms. The standard InChI is InChI=1S/C16H17NO3S/c1-3-20-16(18)13-8-5-9-14(17)15(13)21-12-7-4-6-11(10-12)19-2/h4-10H,3,17H2,1-2H3. The third kappa shape index (κ3) is 3.70. The van der Waals surface area contributed by atoms with Crippen LogP contribution in [0.3, 0.4) is 0 Å². The third-order valence-electron chi connectivity index (χ3n) is 2.80. The minimum absolute atomic E-state index is 0.330.